The van der Waals surface area contributed by atoms with Crippen LogP contribution in [-0.2, 0) is 24.2 Å². The van der Waals surface area contributed by atoms with Gasteiger partial charge in [0.05, 0.1) is 12.1 Å². The van der Waals surface area contributed by atoms with Crippen molar-refractivity contribution in [1.29, 1.82) is 0 Å². The Morgan fingerprint density at radius 2 is 2.05 bits per heavy atom. The first-order valence-electron chi connectivity index (χ1n) is 8.42. The number of nitrogens with zero attached hydrogens (tertiary/aromatic N) is 1. The highest BCUT2D eigenvalue weighted by Gasteiger charge is 2.56. The minimum Gasteiger partial charge on any atom is -0.478 e. The van der Waals surface area contributed by atoms with E-state index >= 15 is 0 Å². The van der Waals surface area contributed by atoms with Crippen LogP contribution in [-0.4, -0.2) is 21.4 Å². The minimum absolute atomic E-state index is 0.0332. The zero-order chi connectivity index (χ0) is 16.2. The maximum atomic E-state index is 12.4. The molecule has 1 heterocycles. The summed E-state index contributed by atoms with van der Waals surface area (Å²) >= 11 is 0. The van der Waals surface area contributed by atoms with Gasteiger partial charge in [-0.3, -0.25) is 4.79 Å². The first-order valence-corrected chi connectivity index (χ1v) is 8.42. The van der Waals surface area contributed by atoms with Crippen molar-refractivity contribution in [1.82, 2.24) is 4.57 Å². The molecular formula is C18H25NO3. The molecule has 0 saturated heterocycles. The number of ketones is 1. The fourth-order valence-corrected chi connectivity index (χ4v) is 4.22. The monoisotopic (exact) mass is 303 g/mol. The van der Waals surface area contributed by atoms with Gasteiger partial charge in [-0.25, -0.2) is 4.79 Å². The van der Waals surface area contributed by atoms with Gasteiger partial charge < -0.3 is 9.67 Å². The molecule has 22 heavy (non-hydrogen) atoms. The van der Waals surface area contributed by atoms with E-state index in [1.807, 2.05) is 25.3 Å². The summed E-state index contributed by atoms with van der Waals surface area (Å²) in [5.74, 6) is 1.01. The average Bonchev–Trinajstić information content (AvgIpc) is 2.86. The van der Waals surface area contributed by atoms with Gasteiger partial charge in [0.25, 0.3) is 0 Å². The summed E-state index contributed by atoms with van der Waals surface area (Å²) < 4.78 is 2.03. The number of fused-ring (bicyclic) bond motifs is 3. The van der Waals surface area contributed by atoms with Crippen molar-refractivity contribution >= 4 is 11.8 Å². The Hall–Kier alpha value is -1.58. The quantitative estimate of drug-likeness (QED) is 0.877. The Kier molecular flexibility index (Phi) is 3.66. The molecule has 0 spiro atoms. The van der Waals surface area contributed by atoms with E-state index in [9.17, 15) is 14.7 Å². The molecule has 1 fully saturated rings. The first kappa shape index (κ1) is 15.3. The molecule has 1 aromatic rings. The molecule has 2 aliphatic rings. The van der Waals surface area contributed by atoms with Crippen LogP contribution in [0.15, 0.2) is 0 Å². The molecule has 0 radical (unpaired) electrons. The van der Waals surface area contributed by atoms with E-state index in [-0.39, 0.29) is 11.7 Å². The zero-order valence-electron chi connectivity index (χ0n) is 13.8. The van der Waals surface area contributed by atoms with Gasteiger partial charge in [0.1, 0.15) is 0 Å². The molecule has 120 valence electrons. The molecule has 1 saturated carbocycles. The third-order valence-corrected chi connectivity index (χ3v) is 5.87. The molecule has 4 unspecified atom stereocenters. The predicted molar refractivity (Wildman–Crippen MR) is 84.3 cm³/mol. The van der Waals surface area contributed by atoms with Crippen LogP contribution < -0.4 is 0 Å². The highest BCUT2D eigenvalue weighted by Crippen LogP contribution is 2.62. The molecule has 1 aromatic heterocycles. The van der Waals surface area contributed by atoms with E-state index in [0.717, 1.165) is 29.8 Å². The summed E-state index contributed by atoms with van der Waals surface area (Å²) in [6.07, 6.45) is 2.43. The number of hydrogen-bond donors (Lipinski definition) is 1. The van der Waals surface area contributed by atoms with Crippen molar-refractivity contribution in [2.75, 3.05) is 0 Å². The summed E-state index contributed by atoms with van der Waals surface area (Å²) in [5.41, 5.74) is 3.50. The van der Waals surface area contributed by atoms with E-state index in [0.29, 0.717) is 36.3 Å². The summed E-state index contributed by atoms with van der Waals surface area (Å²) in [6, 6.07) is 0. The number of carbonyl (C=O) groups excluding carboxylic acids is 1. The average molecular weight is 303 g/mol. The van der Waals surface area contributed by atoms with Crippen molar-refractivity contribution in [2.24, 2.45) is 17.8 Å². The predicted octanol–water partition coefficient (Wildman–Crippen LogP) is 3.27. The fraction of sp³-hybridized carbons (Fsp3) is 0.667. The maximum absolute atomic E-state index is 12.4. The third-order valence-electron chi connectivity index (χ3n) is 5.87. The SMILES string of the molecule is CCc1c(C(=O)O)c2c(n1CC(=O)C(C)CC)CC1C(C)C21. The second-order valence-corrected chi connectivity index (χ2v) is 6.96. The third kappa shape index (κ3) is 2.03. The summed E-state index contributed by atoms with van der Waals surface area (Å²) in [6.45, 7) is 8.49. The van der Waals surface area contributed by atoms with E-state index in [1.54, 1.807) is 0 Å². The van der Waals surface area contributed by atoms with Gasteiger partial charge in [-0.1, -0.05) is 27.7 Å². The Bertz CT molecular complexity index is 643. The van der Waals surface area contributed by atoms with Crippen LogP contribution in [0, 0.1) is 17.8 Å². The number of Topliss-reactive ketones (excluding diaryl/α,β-unsaturated/α-hetero) is 1. The van der Waals surface area contributed by atoms with Crippen LogP contribution in [0.4, 0.5) is 0 Å². The summed E-state index contributed by atoms with van der Waals surface area (Å²) in [5, 5.41) is 9.69. The molecule has 3 rings (SSSR count). The number of carbonyl (C=O) groups is 2. The van der Waals surface area contributed by atoms with Gasteiger partial charge in [-0.05, 0) is 42.6 Å². The second kappa shape index (κ2) is 5.25. The number of carboxylic acids is 1. The van der Waals surface area contributed by atoms with Crippen molar-refractivity contribution in [3.8, 4) is 0 Å². The largest absolute Gasteiger partial charge is 0.478 e. The first-order chi connectivity index (χ1) is 10.4. The Labute approximate surface area is 131 Å². The van der Waals surface area contributed by atoms with Gasteiger partial charge in [0, 0.05) is 17.3 Å². The normalized spacial score (nSPS) is 26.5. The highest BCUT2D eigenvalue weighted by molar-refractivity contribution is 5.93. The van der Waals surface area contributed by atoms with Crippen molar-refractivity contribution in [2.45, 2.75) is 59.4 Å². The fourth-order valence-electron chi connectivity index (χ4n) is 4.22. The molecule has 0 aromatic carbocycles. The number of carboxylic acid groups (broad SMARTS) is 1. The topological polar surface area (TPSA) is 59.3 Å². The molecular weight excluding hydrogens is 278 g/mol. The van der Waals surface area contributed by atoms with Crippen molar-refractivity contribution in [3.05, 3.63) is 22.5 Å². The van der Waals surface area contributed by atoms with E-state index in [2.05, 4.69) is 6.92 Å². The smallest absolute Gasteiger partial charge is 0.337 e. The number of rotatable bonds is 6. The molecule has 4 heteroatoms. The van der Waals surface area contributed by atoms with Gasteiger partial charge in [-0.2, -0.15) is 0 Å². The molecule has 1 N–H and O–H groups in total. The van der Waals surface area contributed by atoms with E-state index in [4.69, 9.17) is 0 Å². The van der Waals surface area contributed by atoms with Crippen molar-refractivity contribution < 1.29 is 14.7 Å². The highest BCUT2D eigenvalue weighted by atomic mass is 16.4. The lowest BCUT2D eigenvalue weighted by molar-refractivity contribution is -0.123. The number of aromatic nitrogens is 1. The summed E-state index contributed by atoms with van der Waals surface area (Å²) in [7, 11) is 0. The van der Waals surface area contributed by atoms with Crippen LogP contribution >= 0.6 is 0 Å². The lowest BCUT2D eigenvalue weighted by Crippen LogP contribution is -2.20. The summed E-state index contributed by atoms with van der Waals surface area (Å²) in [4.78, 5) is 24.2. The number of aromatic carboxylic acids is 1. The van der Waals surface area contributed by atoms with Crippen LogP contribution in [0.5, 0.6) is 0 Å². The van der Waals surface area contributed by atoms with Crippen LogP contribution in [0.2, 0.25) is 0 Å². The number of hydrogen-bond acceptors (Lipinski definition) is 2. The maximum Gasteiger partial charge on any atom is 0.337 e. The molecule has 4 nitrogen and oxygen atoms in total. The molecule has 2 aliphatic carbocycles. The molecule has 0 aliphatic heterocycles. The van der Waals surface area contributed by atoms with Gasteiger partial charge in [0.15, 0.2) is 5.78 Å². The van der Waals surface area contributed by atoms with Crippen LogP contribution in [0.3, 0.4) is 0 Å². The molecule has 0 amide bonds. The van der Waals surface area contributed by atoms with Gasteiger partial charge in [0.2, 0.25) is 0 Å². The lowest BCUT2D eigenvalue weighted by atomic mass is 10.0. The zero-order valence-corrected chi connectivity index (χ0v) is 13.8. The Morgan fingerprint density at radius 1 is 1.36 bits per heavy atom. The van der Waals surface area contributed by atoms with E-state index in [1.165, 1.54) is 0 Å². The second-order valence-electron chi connectivity index (χ2n) is 6.96. The van der Waals surface area contributed by atoms with Crippen LogP contribution in [0.25, 0.3) is 0 Å². The minimum atomic E-state index is -0.831. The van der Waals surface area contributed by atoms with E-state index < -0.39 is 5.97 Å². The Balaban J connectivity index is 2.05. The molecule has 0 bridgehead atoms. The van der Waals surface area contributed by atoms with Crippen LogP contribution in [0.1, 0.15) is 67.3 Å². The van der Waals surface area contributed by atoms with Crippen molar-refractivity contribution in [3.63, 3.8) is 0 Å². The van der Waals surface area contributed by atoms with Gasteiger partial charge in [-0.15, -0.1) is 0 Å². The molecule has 4 atom stereocenters. The standard InChI is InChI=1S/C18H25NO3/c1-5-9(3)14(20)8-19-12(6-2)17(18(21)22)16-13(19)7-11-10(4)15(11)16/h9-11,15H,5-8H2,1-4H3,(H,21,22). The Morgan fingerprint density at radius 3 is 2.59 bits per heavy atom. The lowest BCUT2D eigenvalue weighted by Gasteiger charge is -2.14. The van der Waals surface area contributed by atoms with Gasteiger partial charge >= 0.3 is 5.97 Å².